The van der Waals surface area contributed by atoms with Gasteiger partial charge in [-0.3, -0.25) is 19.4 Å². The number of nitrogens with two attached hydrogens (primary N) is 2. The van der Waals surface area contributed by atoms with Gasteiger partial charge in [-0.25, -0.2) is 18.1 Å². The predicted molar refractivity (Wildman–Crippen MR) is 174 cm³/mol. The first-order chi connectivity index (χ1) is 21.6. The Morgan fingerprint density at radius 2 is 1.76 bits per heavy atom. The molecule has 4 rings (SSSR count). The van der Waals surface area contributed by atoms with E-state index in [1.165, 1.54) is 17.5 Å². The smallest absolute Gasteiger partial charge is 0.240 e. The molecule has 0 saturated heterocycles. The number of nitrogens with zero attached hydrogens (tertiary/aromatic N) is 2. The van der Waals surface area contributed by atoms with E-state index >= 15 is 0 Å². The Balaban J connectivity index is 1.41. The molecule has 8 N–H and O–H groups in total. The summed E-state index contributed by atoms with van der Waals surface area (Å²) in [5.74, 6) is -2.03. The zero-order valence-electron chi connectivity index (χ0n) is 24.4. The molecule has 2 aromatic heterocycles. The van der Waals surface area contributed by atoms with E-state index in [0.717, 1.165) is 16.5 Å². The van der Waals surface area contributed by atoms with Crippen molar-refractivity contribution >= 4 is 55.8 Å². The molecule has 0 radical (unpaired) electrons. The Hall–Kier alpha value is -4.60. The molecule has 2 unspecified atom stereocenters. The molecular formula is C30H36N8O5S2. The van der Waals surface area contributed by atoms with Gasteiger partial charge in [0.25, 0.3) is 0 Å². The zero-order chi connectivity index (χ0) is 32.2. The van der Waals surface area contributed by atoms with Gasteiger partial charge in [-0.15, -0.1) is 11.3 Å². The minimum atomic E-state index is -3.91. The number of nitrogens with one attached hydrogen (secondary N) is 4. The maximum Gasteiger partial charge on any atom is 0.240 e. The highest BCUT2D eigenvalue weighted by molar-refractivity contribution is 7.88. The topological polar surface area (TPSA) is 215 Å². The SMILES string of the molecule is NC(N)=NCCCCC(NS(=O)(=O)Cc1ccccc1)C(=O)NCC(=O)NC(Cc1c[nH]c2ccccc12)C(=O)c1nccs1. The summed E-state index contributed by atoms with van der Waals surface area (Å²) in [6.45, 7) is -0.153. The van der Waals surface area contributed by atoms with Crippen LogP contribution in [0, 0.1) is 0 Å². The molecular weight excluding hydrogens is 617 g/mol. The summed E-state index contributed by atoms with van der Waals surface area (Å²) in [4.78, 5) is 50.7. The molecule has 0 bridgehead atoms. The van der Waals surface area contributed by atoms with Crippen LogP contribution >= 0.6 is 11.3 Å². The van der Waals surface area contributed by atoms with E-state index in [2.05, 4.69) is 30.3 Å². The second-order valence-electron chi connectivity index (χ2n) is 10.3. The molecule has 0 aliphatic carbocycles. The first-order valence-electron chi connectivity index (χ1n) is 14.3. The number of carbonyl (C=O) groups excluding carboxylic acids is 3. The standard InChI is InChI=1S/C30H36N8O5S2/c31-30(32)34-13-7-6-12-24(38-45(42,43)19-20-8-2-1-3-9-20)28(41)36-18-26(39)37-25(27(40)29-33-14-15-44-29)16-21-17-35-23-11-5-4-10-22(21)23/h1-5,8-11,14-15,17,24-25,35,38H,6-7,12-13,16,18-19H2,(H,36,41)(H,37,39)(H4,31,32,34). The monoisotopic (exact) mass is 652 g/mol. The van der Waals surface area contributed by atoms with Gasteiger partial charge in [-0.05, 0) is 36.5 Å². The average Bonchev–Trinajstić information content (AvgIpc) is 3.69. The Kier molecular flexibility index (Phi) is 11.8. The van der Waals surface area contributed by atoms with Crippen LogP contribution < -0.4 is 26.8 Å². The van der Waals surface area contributed by atoms with Crippen LogP contribution in [0.1, 0.15) is 40.2 Å². The summed E-state index contributed by atoms with van der Waals surface area (Å²) in [7, 11) is -3.91. The summed E-state index contributed by atoms with van der Waals surface area (Å²) in [5.41, 5.74) is 13.0. The van der Waals surface area contributed by atoms with E-state index in [4.69, 9.17) is 11.5 Å². The number of H-pyrrole nitrogens is 1. The predicted octanol–water partition coefficient (Wildman–Crippen LogP) is 1.58. The van der Waals surface area contributed by atoms with Crippen molar-refractivity contribution < 1.29 is 22.8 Å². The van der Waals surface area contributed by atoms with Gasteiger partial charge >= 0.3 is 0 Å². The van der Waals surface area contributed by atoms with Crippen molar-refractivity contribution in [3.63, 3.8) is 0 Å². The normalized spacial score (nSPS) is 12.7. The molecule has 2 heterocycles. The summed E-state index contributed by atoms with van der Waals surface area (Å²) >= 11 is 1.17. The summed E-state index contributed by atoms with van der Waals surface area (Å²) in [6, 6.07) is 14.1. The Morgan fingerprint density at radius 3 is 2.49 bits per heavy atom. The molecule has 45 heavy (non-hydrogen) atoms. The van der Waals surface area contributed by atoms with Crippen molar-refractivity contribution in [3.8, 4) is 0 Å². The van der Waals surface area contributed by atoms with Gasteiger partial charge < -0.3 is 27.1 Å². The van der Waals surface area contributed by atoms with Crippen molar-refractivity contribution in [1.82, 2.24) is 25.3 Å². The first kappa shape index (κ1) is 33.3. The number of unbranched alkanes of at least 4 members (excludes halogenated alkanes) is 1. The number of thiazole rings is 1. The minimum Gasteiger partial charge on any atom is -0.370 e. The fourth-order valence-corrected chi connectivity index (χ4v) is 6.73. The van der Waals surface area contributed by atoms with Crippen LogP contribution in [0.15, 0.2) is 77.4 Å². The number of rotatable bonds is 17. The van der Waals surface area contributed by atoms with Crippen LogP contribution in [0.25, 0.3) is 10.9 Å². The van der Waals surface area contributed by atoms with Gasteiger partial charge in [0, 0.05) is 41.6 Å². The number of sulfonamides is 1. The lowest BCUT2D eigenvalue weighted by Crippen LogP contribution is -2.51. The molecule has 4 aromatic rings. The van der Waals surface area contributed by atoms with Crippen molar-refractivity contribution in [1.29, 1.82) is 0 Å². The van der Waals surface area contributed by atoms with E-state index < -0.39 is 40.5 Å². The minimum absolute atomic E-state index is 0.0600. The third kappa shape index (κ3) is 10.2. The number of aliphatic imine (C=N–C) groups is 1. The van der Waals surface area contributed by atoms with Gasteiger partial charge in [0.2, 0.25) is 27.6 Å². The molecule has 15 heteroatoms. The van der Waals surface area contributed by atoms with Crippen molar-refractivity contribution in [2.24, 2.45) is 16.5 Å². The zero-order valence-corrected chi connectivity index (χ0v) is 26.1. The Bertz CT molecular complexity index is 1720. The maximum atomic E-state index is 13.3. The van der Waals surface area contributed by atoms with Crippen molar-refractivity contribution in [3.05, 3.63) is 88.5 Å². The van der Waals surface area contributed by atoms with E-state index in [0.29, 0.717) is 24.9 Å². The maximum absolute atomic E-state index is 13.3. The number of fused-ring (bicyclic) bond motifs is 1. The number of Topliss-reactive ketones (excluding diaryl/α,β-unsaturated/α-hetero) is 1. The second-order valence-corrected chi connectivity index (χ2v) is 13.0. The molecule has 238 valence electrons. The number of amides is 2. The number of hydrogen-bond donors (Lipinski definition) is 6. The van der Waals surface area contributed by atoms with Crippen LogP contribution in [-0.4, -0.2) is 67.1 Å². The van der Waals surface area contributed by atoms with E-state index in [1.54, 1.807) is 41.9 Å². The number of aromatic nitrogens is 2. The van der Waals surface area contributed by atoms with Gasteiger partial charge in [-0.2, -0.15) is 0 Å². The fraction of sp³-hybridized carbons (Fsp3) is 0.300. The molecule has 2 atom stereocenters. The average molecular weight is 653 g/mol. The lowest BCUT2D eigenvalue weighted by atomic mass is 10.0. The molecule has 13 nitrogen and oxygen atoms in total. The third-order valence-electron chi connectivity index (χ3n) is 6.85. The van der Waals surface area contributed by atoms with Crippen LogP contribution in [0.3, 0.4) is 0 Å². The quantitative estimate of drug-likeness (QED) is 0.0425. The summed E-state index contributed by atoms with van der Waals surface area (Å²) in [5, 5.41) is 8.09. The molecule has 2 amide bonds. The van der Waals surface area contributed by atoms with Gasteiger partial charge in [0.05, 0.1) is 18.3 Å². The van der Waals surface area contributed by atoms with Gasteiger partial charge in [0.1, 0.15) is 6.04 Å². The summed E-state index contributed by atoms with van der Waals surface area (Å²) < 4.78 is 28.3. The lowest BCUT2D eigenvalue weighted by molar-refractivity contribution is -0.127. The van der Waals surface area contributed by atoms with Crippen LogP contribution in [-0.2, 0) is 31.8 Å². The largest absolute Gasteiger partial charge is 0.370 e. The third-order valence-corrected chi connectivity index (χ3v) is 8.99. The van der Waals surface area contributed by atoms with Crippen molar-refractivity contribution in [2.75, 3.05) is 13.1 Å². The number of aromatic amines is 1. The lowest BCUT2D eigenvalue weighted by Gasteiger charge is -2.20. The Morgan fingerprint density at radius 1 is 1.00 bits per heavy atom. The van der Waals surface area contributed by atoms with Gasteiger partial charge in [-0.1, -0.05) is 48.5 Å². The fourth-order valence-electron chi connectivity index (χ4n) is 4.72. The number of benzene rings is 2. The molecule has 0 aliphatic heterocycles. The highest BCUT2D eigenvalue weighted by atomic mass is 32.2. The first-order valence-corrected chi connectivity index (χ1v) is 16.8. The highest BCUT2D eigenvalue weighted by Gasteiger charge is 2.28. The number of guanidine groups is 1. The van der Waals surface area contributed by atoms with E-state index in [-0.39, 0.29) is 35.3 Å². The molecule has 2 aromatic carbocycles. The van der Waals surface area contributed by atoms with E-state index in [9.17, 15) is 22.8 Å². The van der Waals surface area contributed by atoms with Crippen molar-refractivity contribution in [2.45, 2.75) is 43.5 Å². The highest BCUT2D eigenvalue weighted by Crippen LogP contribution is 2.20. The molecule has 0 fully saturated rings. The van der Waals surface area contributed by atoms with Gasteiger partial charge in [0.15, 0.2) is 11.0 Å². The number of hydrogen-bond acceptors (Lipinski definition) is 8. The molecule has 0 aliphatic rings. The number of para-hydroxylation sites is 1. The molecule has 0 spiro atoms. The van der Waals surface area contributed by atoms with Crippen LogP contribution in [0.5, 0.6) is 0 Å². The second kappa shape index (κ2) is 15.9. The summed E-state index contributed by atoms with van der Waals surface area (Å²) in [6.07, 6.45) is 4.59. The Labute approximate surface area is 265 Å². The van der Waals surface area contributed by atoms with Crippen LogP contribution in [0.2, 0.25) is 0 Å². The number of carbonyl (C=O) groups is 3. The number of ketones is 1. The van der Waals surface area contributed by atoms with E-state index in [1.807, 2.05) is 24.3 Å². The van der Waals surface area contributed by atoms with Crippen LogP contribution in [0.4, 0.5) is 0 Å². The molecule has 0 saturated carbocycles.